The highest BCUT2D eigenvalue weighted by atomic mass is 16.5. The molecule has 0 aliphatic carbocycles. The lowest BCUT2D eigenvalue weighted by Crippen LogP contribution is -2.43. The molecule has 4 heteroatoms. The Hall–Kier alpha value is -1.42. The Morgan fingerprint density at radius 3 is 2.62 bits per heavy atom. The predicted molar refractivity (Wildman–Crippen MR) is 90.2 cm³/mol. The first-order valence-corrected chi connectivity index (χ1v) is 8.13. The predicted octanol–water partition coefficient (Wildman–Crippen LogP) is 2.98. The van der Waals surface area contributed by atoms with Crippen LogP contribution in [0.4, 0.5) is 11.4 Å². The van der Waals surface area contributed by atoms with Crippen LogP contribution in [0.25, 0.3) is 0 Å². The first-order valence-electron chi connectivity index (χ1n) is 8.13. The van der Waals surface area contributed by atoms with Crippen LogP contribution in [0.3, 0.4) is 0 Å². The number of hydrogen-bond donors (Lipinski definition) is 1. The summed E-state index contributed by atoms with van der Waals surface area (Å²) in [5.41, 5.74) is 8.17. The third-order valence-corrected chi connectivity index (χ3v) is 4.44. The van der Waals surface area contributed by atoms with E-state index in [1.54, 1.807) is 0 Å². The molecule has 0 saturated carbocycles. The van der Waals surface area contributed by atoms with Crippen molar-refractivity contribution in [1.29, 1.82) is 0 Å². The van der Waals surface area contributed by atoms with Crippen LogP contribution in [0, 0.1) is 0 Å². The van der Waals surface area contributed by atoms with Crippen LogP contribution >= 0.6 is 0 Å². The number of piperidine rings is 1. The van der Waals surface area contributed by atoms with E-state index in [-0.39, 0.29) is 0 Å². The SMILES string of the molecule is CCCOc1cccc(N(C)C2CCN(CC)CC2)c1N. The summed E-state index contributed by atoms with van der Waals surface area (Å²) >= 11 is 0. The molecule has 0 atom stereocenters. The molecular formula is C17H29N3O. The maximum Gasteiger partial charge on any atom is 0.144 e. The molecule has 1 saturated heterocycles. The first-order chi connectivity index (χ1) is 10.2. The van der Waals surface area contributed by atoms with Gasteiger partial charge < -0.3 is 20.3 Å². The second kappa shape index (κ2) is 7.55. The van der Waals surface area contributed by atoms with Crippen molar-refractivity contribution in [2.24, 2.45) is 0 Å². The minimum absolute atomic E-state index is 0.566. The number of hydrogen-bond acceptors (Lipinski definition) is 4. The summed E-state index contributed by atoms with van der Waals surface area (Å²) in [6, 6.07) is 6.66. The number of likely N-dealkylation sites (tertiary alicyclic amines) is 1. The molecule has 1 aliphatic rings. The highest BCUT2D eigenvalue weighted by Crippen LogP contribution is 2.34. The molecule has 2 rings (SSSR count). The highest BCUT2D eigenvalue weighted by Gasteiger charge is 2.23. The standard InChI is InChI=1S/C17H29N3O/c1-4-13-21-16-8-6-7-15(17(16)18)19(3)14-9-11-20(5-2)12-10-14/h6-8,14H,4-5,9-13,18H2,1-3H3. The van der Waals surface area contributed by atoms with Crippen LogP contribution in [0.2, 0.25) is 0 Å². The van der Waals surface area contributed by atoms with E-state index in [1.165, 1.54) is 25.9 Å². The number of nitrogens with zero attached hydrogens (tertiary/aromatic N) is 2. The van der Waals surface area contributed by atoms with Crippen molar-refractivity contribution < 1.29 is 4.74 Å². The van der Waals surface area contributed by atoms with Gasteiger partial charge in [0.2, 0.25) is 0 Å². The molecule has 1 heterocycles. The van der Waals surface area contributed by atoms with Crippen LogP contribution in [-0.2, 0) is 0 Å². The van der Waals surface area contributed by atoms with Gasteiger partial charge in [-0.1, -0.05) is 19.9 Å². The Labute approximate surface area is 128 Å². The summed E-state index contributed by atoms with van der Waals surface area (Å²) in [6.07, 6.45) is 3.39. The first kappa shape index (κ1) is 16.0. The zero-order valence-corrected chi connectivity index (χ0v) is 13.6. The van der Waals surface area contributed by atoms with Crippen LogP contribution < -0.4 is 15.4 Å². The average molecular weight is 291 g/mol. The van der Waals surface area contributed by atoms with Gasteiger partial charge >= 0.3 is 0 Å². The molecule has 21 heavy (non-hydrogen) atoms. The van der Waals surface area contributed by atoms with Gasteiger partial charge in [-0.3, -0.25) is 0 Å². The lowest BCUT2D eigenvalue weighted by atomic mass is 10.0. The van der Waals surface area contributed by atoms with Gasteiger partial charge in [0.05, 0.1) is 18.0 Å². The minimum atomic E-state index is 0.566. The van der Waals surface area contributed by atoms with Crippen LogP contribution in [-0.4, -0.2) is 44.2 Å². The number of nitrogens with two attached hydrogens (primary N) is 1. The van der Waals surface area contributed by atoms with Gasteiger partial charge in [0.25, 0.3) is 0 Å². The van der Waals surface area contributed by atoms with Gasteiger partial charge in [0, 0.05) is 26.2 Å². The highest BCUT2D eigenvalue weighted by molar-refractivity contribution is 5.74. The van der Waals surface area contributed by atoms with Crippen LogP contribution in [0.5, 0.6) is 5.75 Å². The van der Waals surface area contributed by atoms with Crippen molar-refractivity contribution in [3.8, 4) is 5.75 Å². The molecule has 0 aromatic heterocycles. The van der Waals surface area contributed by atoms with Crippen LogP contribution in [0.15, 0.2) is 18.2 Å². The van der Waals surface area contributed by atoms with Gasteiger partial charge in [0.1, 0.15) is 5.75 Å². The van der Waals surface area contributed by atoms with E-state index in [0.717, 1.165) is 30.1 Å². The Bertz CT molecular complexity index is 442. The smallest absolute Gasteiger partial charge is 0.144 e. The third kappa shape index (κ3) is 3.82. The summed E-state index contributed by atoms with van der Waals surface area (Å²) in [5.74, 6) is 0.812. The van der Waals surface area contributed by atoms with E-state index in [1.807, 2.05) is 12.1 Å². The number of anilines is 2. The van der Waals surface area contributed by atoms with Crippen molar-refractivity contribution in [2.45, 2.75) is 39.2 Å². The van der Waals surface area contributed by atoms with E-state index in [9.17, 15) is 0 Å². The normalized spacial score (nSPS) is 16.9. The largest absolute Gasteiger partial charge is 0.491 e. The molecule has 1 aromatic rings. The van der Waals surface area contributed by atoms with Gasteiger partial charge in [-0.2, -0.15) is 0 Å². The number of para-hydroxylation sites is 1. The fraction of sp³-hybridized carbons (Fsp3) is 0.647. The van der Waals surface area contributed by atoms with Gasteiger partial charge in [-0.25, -0.2) is 0 Å². The van der Waals surface area contributed by atoms with Crippen molar-refractivity contribution in [3.63, 3.8) is 0 Å². The maximum absolute atomic E-state index is 6.31. The van der Waals surface area contributed by atoms with Gasteiger partial charge in [-0.05, 0) is 37.9 Å². The molecular weight excluding hydrogens is 262 g/mol. The molecule has 4 nitrogen and oxygen atoms in total. The average Bonchev–Trinajstić information content (AvgIpc) is 2.53. The number of ether oxygens (including phenoxy) is 1. The van der Waals surface area contributed by atoms with Gasteiger partial charge in [-0.15, -0.1) is 0 Å². The summed E-state index contributed by atoms with van der Waals surface area (Å²) in [7, 11) is 2.15. The Morgan fingerprint density at radius 2 is 2.00 bits per heavy atom. The Morgan fingerprint density at radius 1 is 1.29 bits per heavy atom. The lowest BCUT2D eigenvalue weighted by Gasteiger charge is -2.38. The van der Waals surface area contributed by atoms with Gasteiger partial charge in [0.15, 0.2) is 0 Å². The monoisotopic (exact) mass is 291 g/mol. The molecule has 0 amide bonds. The fourth-order valence-electron chi connectivity index (χ4n) is 3.00. The second-order valence-corrected chi connectivity index (χ2v) is 5.81. The molecule has 0 spiro atoms. The maximum atomic E-state index is 6.31. The fourth-order valence-corrected chi connectivity index (χ4v) is 3.00. The van der Waals surface area contributed by atoms with E-state index in [2.05, 4.69) is 36.8 Å². The molecule has 1 aromatic carbocycles. The number of nitrogen functional groups attached to an aromatic ring is 1. The van der Waals surface area contributed by atoms with E-state index in [4.69, 9.17) is 10.5 Å². The zero-order valence-electron chi connectivity index (χ0n) is 13.6. The third-order valence-electron chi connectivity index (χ3n) is 4.44. The topological polar surface area (TPSA) is 41.7 Å². The second-order valence-electron chi connectivity index (χ2n) is 5.81. The summed E-state index contributed by atoms with van der Waals surface area (Å²) in [5, 5.41) is 0. The summed E-state index contributed by atoms with van der Waals surface area (Å²) in [6.45, 7) is 8.56. The molecule has 0 unspecified atom stereocenters. The molecule has 118 valence electrons. The zero-order chi connectivity index (χ0) is 15.2. The lowest BCUT2D eigenvalue weighted by molar-refractivity contribution is 0.221. The van der Waals surface area contributed by atoms with Crippen LogP contribution in [0.1, 0.15) is 33.1 Å². The van der Waals surface area contributed by atoms with Crippen molar-refractivity contribution >= 4 is 11.4 Å². The quantitative estimate of drug-likeness (QED) is 0.818. The van der Waals surface area contributed by atoms with Crippen molar-refractivity contribution in [3.05, 3.63) is 18.2 Å². The number of rotatable bonds is 6. The molecule has 2 N–H and O–H groups in total. The molecule has 1 aliphatic heterocycles. The van der Waals surface area contributed by atoms with E-state index >= 15 is 0 Å². The Balaban J connectivity index is 2.07. The van der Waals surface area contributed by atoms with E-state index in [0.29, 0.717) is 12.6 Å². The Kier molecular flexibility index (Phi) is 5.74. The molecule has 0 radical (unpaired) electrons. The van der Waals surface area contributed by atoms with Crippen molar-refractivity contribution in [2.75, 3.05) is 43.9 Å². The van der Waals surface area contributed by atoms with Crippen molar-refractivity contribution in [1.82, 2.24) is 4.90 Å². The molecule has 1 fully saturated rings. The minimum Gasteiger partial charge on any atom is -0.491 e. The summed E-state index contributed by atoms with van der Waals surface area (Å²) in [4.78, 5) is 4.84. The van der Waals surface area contributed by atoms with E-state index < -0.39 is 0 Å². The number of benzene rings is 1. The molecule has 0 bridgehead atoms. The summed E-state index contributed by atoms with van der Waals surface area (Å²) < 4.78 is 5.74.